The van der Waals surface area contributed by atoms with Crippen molar-refractivity contribution in [3.05, 3.63) is 29.6 Å². The summed E-state index contributed by atoms with van der Waals surface area (Å²) in [5, 5.41) is 0. The van der Waals surface area contributed by atoms with Crippen LogP contribution in [-0.2, 0) is 6.18 Å². The Bertz CT molecular complexity index is 499. The molecule has 116 valence electrons. The van der Waals surface area contributed by atoms with E-state index >= 15 is 0 Å². The third-order valence-electron chi connectivity index (χ3n) is 3.79. The van der Waals surface area contributed by atoms with Gasteiger partial charge in [0.1, 0.15) is 5.69 Å². The Morgan fingerprint density at radius 3 is 2.71 bits per heavy atom. The van der Waals surface area contributed by atoms with Crippen molar-refractivity contribution in [2.45, 2.75) is 32.0 Å². The van der Waals surface area contributed by atoms with E-state index in [1.54, 1.807) is 4.90 Å². The average Bonchev–Trinajstić information content (AvgIpc) is 2.46. The van der Waals surface area contributed by atoms with Gasteiger partial charge in [0.05, 0.1) is 5.56 Å². The highest BCUT2D eigenvalue weighted by atomic mass is 19.4. The molecule has 1 amide bonds. The largest absolute Gasteiger partial charge is 0.433 e. The molecule has 4 nitrogen and oxygen atoms in total. The van der Waals surface area contributed by atoms with E-state index < -0.39 is 11.9 Å². The fourth-order valence-electron chi connectivity index (χ4n) is 2.49. The van der Waals surface area contributed by atoms with Crippen LogP contribution in [0.4, 0.5) is 13.2 Å². The van der Waals surface area contributed by atoms with Crippen LogP contribution >= 0.6 is 0 Å². The number of piperidine rings is 1. The molecule has 1 fully saturated rings. The van der Waals surface area contributed by atoms with E-state index in [-0.39, 0.29) is 23.4 Å². The molecule has 1 aromatic rings. The van der Waals surface area contributed by atoms with Crippen LogP contribution < -0.4 is 5.73 Å². The first-order valence-electron chi connectivity index (χ1n) is 6.87. The van der Waals surface area contributed by atoms with E-state index in [9.17, 15) is 18.0 Å². The Kier molecular flexibility index (Phi) is 4.51. The number of hydrogen-bond donors (Lipinski definition) is 1. The van der Waals surface area contributed by atoms with Crippen LogP contribution in [0, 0.1) is 5.92 Å². The van der Waals surface area contributed by atoms with Crippen LogP contribution in [0.1, 0.15) is 35.8 Å². The van der Waals surface area contributed by atoms with Crippen molar-refractivity contribution >= 4 is 5.91 Å². The lowest BCUT2D eigenvalue weighted by Crippen LogP contribution is -2.45. The molecule has 7 heteroatoms. The van der Waals surface area contributed by atoms with Crippen molar-refractivity contribution < 1.29 is 18.0 Å². The molecule has 0 aromatic carbocycles. The van der Waals surface area contributed by atoms with Crippen molar-refractivity contribution in [3.8, 4) is 0 Å². The van der Waals surface area contributed by atoms with Gasteiger partial charge in [0.25, 0.3) is 5.91 Å². The van der Waals surface area contributed by atoms with Gasteiger partial charge < -0.3 is 10.6 Å². The van der Waals surface area contributed by atoms with Gasteiger partial charge in [-0.25, -0.2) is 0 Å². The Morgan fingerprint density at radius 2 is 2.19 bits per heavy atom. The standard InChI is InChI=1S/C14H18F3N3O/c1-9(18)11-3-2-6-20(8-11)13(21)10-4-5-12(19-7-10)14(15,16)17/h4-5,7,9,11H,2-3,6,8,18H2,1H3. The molecule has 1 saturated heterocycles. The summed E-state index contributed by atoms with van der Waals surface area (Å²) in [6.45, 7) is 3.04. The van der Waals surface area contributed by atoms with E-state index in [1.165, 1.54) is 6.07 Å². The highest BCUT2D eigenvalue weighted by Gasteiger charge is 2.33. The molecular weight excluding hydrogens is 283 g/mol. The summed E-state index contributed by atoms with van der Waals surface area (Å²) in [4.78, 5) is 17.3. The second-order valence-electron chi connectivity index (χ2n) is 5.44. The molecule has 2 rings (SSSR count). The number of nitrogens with zero attached hydrogens (tertiary/aromatic N) is 2. The zero-order valence-electron chi connectivity index (χ0n) is 11.7. The van der Waals surface area contributed by atoms with Gasteiger partial charge in [0.2, 0.25) is 0 Å². The summed E-state index contributed by atoms with van der Waals surface area (Å²) < 4.78 is 37.3. The summed E-state index contributed by atoms with van der Waals surface area (Å²) in [6.07, 6.45) is -1.69. The van der Waals surface area contributed by atoms with E-state index in [0.29, 0.717) is 13.1 Å². The minimum Gasteiger partial charge on any atom is -0.338 e. The molecule has 0 radical (unpaired) electrons. The lowest BCUT2D eigenvalue weighted by molar-refractivity contribution is -0.141. The summed E-state index contributed by atoms with van der Waals surface area (Å²) in [7, 11) is 0. The Hall–Kier alpha value is -1.63. The van der Waals surface area contributed by atoms with Gasteiger partial charge in [-0.3, -0.25) is 9.78 Å². The predicted octanol–water partition coefficient (Wildman–Crippen LogP) is 2.30. The topological polar surface area (TPSA) is 59.2 Å². The fraction of sp³-hybridized carbons (Fsp3) is 0.571. The number of hydrogen-bond acceptors (Lipinski definition) is 3. The first-order valence-corrected chi connectivity index (χ1v) is 6.87. The maximum atomic E-state index is 12.4. The smallest absolute Gasteiger partial charge is 0.338 e. The lowest BCUT2D eigenvalue weighted by atomic mass is 9.92. The minimum atomic E-state index is -4.49. The number of amides is 1. The van der Waals surface area contributed by atoms with Gasteiger partial charge in [-0.05, 0) is 37.8 Å². The second-order valence-corrected chi connectivity index (χ2v) is 5.44. The first kappa shape index (κ1) is 15.8. The van der Waals surface area contributed by atoms with Gasteiger partial charge in [-0.15, -0.1) is 0 Å². The monoisotopic (exact) mass is 301 g/mol. The minimum absolute atomic E-state index is 0.00803. The number of carbonyl (C=O) groups excluding carboxylic acids is 1. The van der Waals surface area contributed by atoms with Crippen LogP contribution in [0.3, 0.4) is 0 Å². The molecule has 1 aliphatic heterocycles. The highest BCUT2D eigenvalue weighted by Crippen LogP contribution is 2.27. The predicted molar refractivity (Wildman–Crippen MR) is 71.5 cm³/mol. The molecule has 0 bridgehead atoms. The first-order chi connectivity index (χ1) is 9.79. The number of aromatic nitrogens is 1. The molecule has 1 aliphatic rings. The average molecular weight is 301 g/mol. The van der Waals surface area contributed by atoms with Crippen molar-refractivity contribution in [2.75, 3.05) is 13.1 Å². The van der Waals surface area contributed by atoms with Crippen molar-refractivity contribution in [1.82, 2.24) is 9.88 Å². The Balaban J connectivity index is 2.09. The van der Waals surface area contributed by atoms with Gasteiger partial charge in [-0.2, -0.15) is 13.2 Å². The maximum Gasteiger partial charge on any atom is 0.433 e. The summed E-state index contributed by atoms with van der Waals surface area (Å²) in [6, 6.07) is 2.00. The molecule has 2 unspecified atom stereocenters. The highest BCUT2D eigenvalue weighted by molar-refractivity contribution is 5.94. The van der Waals surface area contributed by atoms with Crippen molar-refractivity contribution in [3.63, 3.8) is 0 Å². The van der Waals surface area contributed by atoms with Crippen LogP contribution in [0.15, 0.2) is 18.3 Å². The number of nitrogens with two attached hydrogens (primary N) is 1. The van der Waals surface area contributed by atoms with E-state index in [4.69, 9.17) is 5.73 Å². The van der Waals surface area contributed by atoms with Gasteiger partial charge in [0.15, 0.2) is 0 Å². The third kappa shape index (κ3) is 3.72. The van der Waals surface area contributed by atoms with Gasteiger partial charge in [0, 0.05) is 25.3 Å². The molecule has 2 N–H and O–H groups in total. The molecule has 0 aliphatic carbocycles. The van der Waals surface area contributed by atoms with Crippen molar-refractivity contribution in [2.24, 2.45) is 11.7 Å². The molecule has 0 saturated carbocycles. The number of likely N-dealkylation sites (tertiary alicyclic amines) is 1. The van der Waals surface area contributed by atoms with Crippen LogP contribution in [0.2, 0.25) is 0 Å². The molecule has 0 spiro atoms. The van der Waals surface area contributed by atoms with E-state index in [1.807, 2.05) is 6.92 Å². The SMILES string of the molecule is CC(N)C1CCCN(C(=O)c2ccc(C(F)(F)F)nc2)C1. The quantitative estimate of drug-likeness (QED) is 0.912. The van der Waals surface area contributed by atoms with Crippen LogP contribution in [0.5, 0.6) is 0 Å². The normalized spacial score (nSPS) is 21.2. The molecule has 2 heterocycles. The second kappa shape index (κ2) is 6.01. The Labute approximate surface area is 121 Å². The van der Waals surface area contributed by atoms with Crippen LogP contribution in [-0.4, -0.2) is 34.9 Å². The molecule has 21 heavy (non-hydrogen) atoms. The molecular formula is C14H18F3N3O. The number of alkyl halides is 3. The van der Waals surface area contributed by atoms with E-state index in [0.717, 1.165) is 25.1 Å². The summed E-state index contributed by atoms with van der Waals surface area (Å²) in [5.74, 6) is -0.0633. The Morgan fingerprint density at radius 1 is 1.48 bits per heavy atom. The van der Waals surface area contributed by atoms with Gasteiger partial charge >= 0.3 is 6.18 Å². The zero-order chi connectivity index (χ0) is 15.6. The lowest BCUT2D eigenvalue weighted by Gasteiger charge is -2.34. The number of pyridine rings is 1. The number of halogens is 3. The maximum absolute atomic E-state index is 12.4. The van der Waals surface area contributed by atoms with Crippen LogP contribution in [0.25, 0.3) is 0 Å². The van der Waals surface area contributed by atoms with Crippen molar-refractivity contribution in [1.29, 1.82) is 0 Å². The third-order valence-corrected chi connectivity index (χ3v) is 3.79. The fourth-order valence-corrected chi connectivity index (χ4v) is 2.49. The molecule has 1 aromatic heterocycles. The van der Waals surface area contributed by atoms with Gasteiger partial charge in [-0.1, -0.05) is 0 Å². The summed E-state index contributed by atoms with van der Waals surface area (Å²) >= 11 is 0. The number of rotatable bonds is 2. The zero-order valence-corrected chi connectivity index (χ0v) is 11.7. The molecule has 2 atom stereocenters. The summed E-state index contributed by atoms with van der Waals surface area (Å²) in [5.41, 5.74) is 5.04. The van der Waals surface area contributed by atoms with E-state index in [2.05, 4.69) is 4.98 Å². The number of carbonyl (C=O) groups is 1.